The van der Waals surface area contributed by atoms with Crippen molar-refractivity contribution in [2.75, 3.05) is 7.11 Å². The van der Waals surface area contributed by atoms with Gasteiger partial charge in [0.25, 0.3) is 0 Å². The molecular weight excluding hydrogens is 162 g/mol. The molecule has 13 heavy (non-hydrogen) atoms. The molecule has 0 aliphatic carbocycles. The predicted octanol–water partition coefficient (Wildman–Crippen LogP) is 2.55. The Bertz CT molecular complexity index is 314. The quantitative estimate of drug-likeness (QED) is 0.644. The van der Waals surface area contributed by atoms with Gasteiger partial charge in [0.2, 0.25) is 6.04 Å². The maximum Gasteiger partial charge on any atom is 0.225 e. The Morgan fingerprint density at radius 3 is 2.92 bits per heavy atom. The number of nitrogens with zero attached hydrogens (tertiary/aromatic N) is 1. The number of benzene rings is 1. The van der Waals surface area contributed by atoms with Crippen molar-refractivity contribution in [1.29, 1.82) is 0 Å². The van der Waals surface area contributed by atoms with E-state index in [9.17, 15) is 0 Å². The van der Waals surface area contributed by atoms with Crippen LogP contribution in [0.2, 0.25) is 0 Å². The molecule has 0 saturated heterocycles. The average Bonchev–Trinajstić information content (AvgIpc) is 2.18. The molecule has 1 aromatic rings. The summed E-state index contributed by atoms with van der Waals surface area (Å²) in [4.78, 5) is 3.45. The lowest BCUT2D eigenvalue weighted by Gasteiger charge is -2.03. The number of ether oxygens (including phenoxy) is 1. The largest absolute Gasteiger partial charge is 0.497 e. The second kappa shape index (κ2) is 4.51. The Labute approximate surface area is 79.0 Å². The molecule has 0 spiro atoms. The first kappa shape index (κ1) is 9.60. The Morgan fingerprint density at radius 2 is 2.31 bits per heavy atom. The summed E-state index contributed by atoms with van der Waals surface area (Å²) in [6.07, 6.45) is 0.792. The standard InChI is InChI=1S/C11H13NO/c1-9(12-2)7-10-5-4-6-11(8-10)13-3/h4-6,8-9H,7H2,1,3H3. The van der Waals surface area contributed by atoms with Gasteiger partial charge in [0, 0.05) is 13.3 Å². The third kappa shape index (κ3) is 2.79. The van der Waals surface area contributed by atoms with Crippen molar-refractivity contribution >= 4 is 0 Å². The van der Waals surface area contributed by atoms with Crippen LogP contribution in [0.3, 0.4) is 0 Å². The molecule has 0 heterocycles. The van der Waals surface area contributed by atoms with E-state index in [1.54, 1.807) is 7.11 Å². The fourth-order valence-corrected chi connectivity index (χ4v) is 1.19. The first-order chi connectivity index (χ1) is 6.26. The SMILES string of the molecule is [C-]#[N+]C(C)Cc1cccc(OC)c1. The van der Waals surface area contributed by atoms with Crippen LogP contribution in [0, 0.1) is 6.57 Å². The van der Waals surface area contributed by atoms with Crippen molar-refractivity contribution in [3.8, 4) is 5.75 Å². The Morgan fingerprint density at radius 1 is 1.54 bits per heavy atom. The van der Waals surface area contributed by atoms with Crippen LogP contribution in [0.25, 0.3) is 4.85 Å². The zero-order valence-electron chi connectivity index (χ0n) is 7.95. The highest BCUT2D eigenvalue weighted by Gasteiger charge is 2.05. The predicted molar refractivity (Wildman–Crippen MR) is 52.8 cm³/mol. The second-order valence-electron chi connectivity index (χ2n) is 3.03. The lowest BCUT2D eigenvalue weighted by atomic mass is 10.1. The summed E-state index contributed by atoms with van der Waals surface area (Å²) in [6, 6.07) is 7.90. The molecule has 0 aliphatic heterocycles. The van der Waals surface area contributed by atoms with E-state index in [0.29, 0.717) is 0 Å². The molecule has 0 aromatic heterocycles. The normalized spacial score (nSPS) is 11.8. The molecule has 0 amide bonds. The fourth-order valence-electron chi connectivity index (χ4n) is 1.19. The molecule has 2 heteroatoms. The van der Waals surface area contributed by atoms with Crippen LogP contribution in [0.1, 0.15) is 12.5 Å². The van der Waals surface area contributed by atoms with Crippen LogP contribution in [0.15, 0.2) is 24.3 Å². The van der Waals surface area contributed by atoms with Gasteiger partial charge in [-0.15, -0.1) is 0 Å². The summed E-state index contributed by atoms with van der Waals surface area (Å²) in [7, 11) is 1.65. The van der Waals surface area contributed by atoms with E-state index in [-0.39, 0.29) is 6.04 Å². The number of rotatable bonds is 3. The first-order valence-corrected chi connectivity index (χ1v) is 4.25. The van der Waals surface area contributed by atoms with E-state index in [4.69, 9.17) is 11.3 Å². The van der Waals surface area contributed by atoms with E-state index in [0.717, 1.165) is 17.7 Å². The lowest BCUT2D eigenvalue weighted by Crippen LogP contribution is -2.00. The van der Waals surface area contributed by atoms with Crippen molar-refractivity contribution in [2.45, 2.75) is 19.4 Å². The van der Waals surface area contributed by atoms with E-state index < -0.39 is 0 Å². The van der Waals surface area contributed by atoms with Crippen LogP contribution >= 0.6 is 0 Å². The number of hydrogen-bond acceptors (Lipinski definition) is 1. The highest BCUT2D eigenvalue weighted by Crippen LogP contribution is 2.14. The van der Waals surface area contributed by atoms with Gasteiger partial charge in [-0.1, -0.05) is 12.1 Å². The third-order valence-corrected chi connectivity index (χ3v) is 1.89. The number of methoxy groups -OCH3 is 1. The smallest absolute Gasteiger partial charge is 0.225 e. The molecule has 0 radical (unpaired) electrons. The third-order valence-electron chi connectivity index (χ3n) is 1.89. The maximum atomic E-state index is 6.85. The monoisotopic (exact) mass is 175 g/mol. The van der Waals surface area contributed by atoms with Crippen molar-refractivity contribution in [3.63, 3.8) is 0 Å². The van der Waals surface area contributed by atoms with Gasteiger partial charge in [-0.05, 0) is 17.7 Å². The number of hydrogen-bond donors (Lipinski definition) is 0. The zero-order chi connectivity index (χ0) is 9.68. The molecule has 1 rings (SSSR count). The minimum Gasteiger partial charge on any atom is -0.497 e. The summed E-state index contributed by atoms with van der Waals surface area (Å²) in [5.41, 5.74) is 1.16. The molecule has 0 saturated carbocycles. The van der Waals surface area contributed by atoms with Crippen LogP contribution < -0.4 is 4.74 Å². The lowest BCUT2D eigenvalue weighted by molar-refractivity contribution is 0.414. The summed E-state index contributed by atoms with van der Waals surface area (Å²) < 4.78 is 5.09. The minimum absolute atomic E-state index is 0.0482. The van der Waals surface area contributed by atoms with Crippen molar-refractivity contribution < 1.29 is 4.74 Å². The van der Waals surface area contributed by atoms with Gasteiger partial charge >= 0.3 is 0 Å². The molecule has 1 aromatic carbocycles. The van der Waals surface area contributed by atoms with Gasteiger partial charge in [-0.3, -0.25) is 0 Å². The summed E-state index contributed by atoms with van der Waals surface area (Å²) >= 11 is 0. The van der Waals surface area contributed by atoms with E-state index in [1.165, 1.54) is 0 Å². The van der Waals surface area contributed by atoms with Gasteiger partial charge < -0.3 is 9.58 Å². The Hall–Kier alpha value is -1.49. The van der Waals surface area contributed by atoms with E-state index >= 15 is 0 Å². The Kier molecular flexibility index (Phi) is 3.33. The first-order valence-electron chi connectivity index (χ1n) is 4.25. The molecular formula is C11H13NO. The van der Waals surface area contributed by atoms with E-state index in [1.807, 2.05) is 31.2 Å². The summed E-state index contributed by atoms with van der Waals surface area (Å²) in [6.45, 7) is 8.77. The molecule has 2 nitrogen and oxygen atoms in total. The average molecular weight is 175 g/mol. The molecule has 68 valence electrons. The molecule has 1 unspecified atom stereocenters. The van der Waals surface area contributed by atoms with Gasteiger partial charge in [0.15, 0.2) is 0 Å². The molecule has 0 aliphatic rings. The molecule has 0 bridgehead atoms. The summed E-state index contributed by atoms with van der Waals surface area (Å²) in [5.74, 6) is 0.856. The van der Waals surface area contributed by atoms with Gasteiger partial charge in [0.05, 0.1) is 7.11 Å². The van der Waals surface area contributed by atoms with Gasteiger partial charge in [-0.25, -0.2) is 6.57 Å². The van der Waals surface area contributed by atoms with Crippen LogP contribution in [0.4, 0.5) is 0 Å². The summed E-state index contributed by atoms with van der Waals surface area (Å²) in [5, 5.41) is 0. The zero-order valence-corrected chi connectivity index (χ0v) is 7.95. The molecule has 1 atom stereocenters. The highest BCUT2D eigenvalue weighted by molar-refractivity contribution is 5.29. The van der Waals surface area contributed by atoms with Crippen molar-refractivity contribution in [3.05, 3.63) is 41.2 Å². The maximum absolute atomic E-state index is 6.85. The molecule has 0 fully saturated rings. The van der Waals surface area contributed by atoms with Crippen LogP contribution in [0.5, 0.6) is 5.75 Å². The van der Waals surface area contributed by atoms with Gasteiger partial charge in [0.1, 0.15) is 5.75 Å². The topological polar surface area (TPSA) is 13.6 Å². The van der Waals surface area contributed by atoms with Crippen LogP contribution in [-0.4, -0.2) is 13.2 Å². The van der Waals surface area contributed by atoms with Gasteiger partial charge in [-0.2, -0.15) is 0 Å². The second-order valence-corrected chi connectivity index (χ2v) is 3.03. The van der Waals surface area contributed by atoms with Crippen LogP contribution in [-0.2, 0) is 6.42 Å². The Balaban J connectivity index is 2.73. The highest BCUT2D eigenvalue weighted by atomic mass is 16.5. The van der Waals surface area contributed by atoms with Crippen molar-refractivity contribution in [1.82, 2.24) is 0 Å². The minimum atomic E-state index is 0.0482. The fraction of sp³-hybridized carbons (Fsp3) is 0.364. The van der Waals surface area contributed by atoms with E-state index in [2.05, 4.69) is 4.85 Å². The van der Waals surface area contributed by atoms with Crippen molar-refractivity contribution in [2.24, 2.45) is 0 Å². The molecule has 0 N–H and O–H groups in total.